The second kappa shape index (κ2) is 5.34. The number of hydrogen-bond acceptors (Lipinski definition) is 1. The Bertz CT molecular complexity index is 316. The van der Waals surface area contributed by atoms with Crippen LogP contribution >= 0.6 is 0 Å². The van der Waals surface area contributed by atoms with Gasteiger partial charge in [-0.05, 0) is 31.0 Å². The predicted octanol–water partition coefficient (Wildman–Crippen LogP) is 2.94. The SMILES string of the molecule is CCc1ccc(CC(NC)C(F)(F)F)cc1. The average molecular weight is 231 g/mol. The van der Waals surface area contributed by atoms with Crippen molar-refractivity contribution in [1.29, 1.82) is 0 Å². The summed E-state index contributed by atoms with van der Waals surface area (Å²) in [7, 11) is 1.33. The average Bonchev–Trinajstić information content (AvgIpc) is 2.25. The Morgan fingerprint density at radius 1 is 1.12 bits per heavy atom. The first-order valence-electron chi connectivity index (χ1n) is 5.29. The molecule has 0 saturated carbocycles. The minimum absolute atomic E-state index is 0.0238. The molecule has 1 nitrogen and oxygen atoms in total. The maximum absolute atomic E-state index is 12.5. The highest BCUT2D eigenvalue weighted by atomic mass is 19.4. The van der Waals surface area contributed by atoms with Crippen molar-refractivity contribution in [2.75, 3.05) is 7.05 Å². The van der Waals surface area contributed by atoms with Crippen LogP contribution in [0.5, 0.6) is 0 Å². The second-order valence-electron chi connectivity index (χ2n) is 3.76. The molecule has 4 heteroatoms. The fourth-order valence-electron chi connectivity index (χ4n) is 1.53. The summed E-state index contributed by atoms with van der Waals surface area (Å²) in [6, 6.07) is 5.79. The zero-order chi connectivity index (χ0) is 12.2. The van der Waals surface area contributed by atoms with Crippen molar-refractivity contribution in [3.05, 3.63) is 35.4 Å². The molecule has 0 fully saturated rings. The normalized spacial score (nSPS) is 13.8. The van der Waals surface area contributed by atoms with Crippen LogP contribution in [0.2, 0.25) is 0 Å². The summed E-state index contributed by atoms with van der Waals surface area (Å²) in [6.45, 7) is 2.02. The summed E-state index contributed by atoms with van der Waals surface area (Å²) >= 11 is 0. The second-order valence-corrected chi connectivity index (χ2v) is 3.76. The summed E-state index contributed by atoms with van der Waals surface area (Å²) in [5, 5.41) is 2.29. The van der Waals surface area contributed by atoms with Gasteiger partial charge in [0.05, 0.1) is 0 Å². The Labute approximate surface area is 93.7 Å². The number of aryl methyl sites for hydroxylation is 1. The molecule has 0 aliphatic carbocycles. The third kappa shape index (κ3) is 3.52. The standard InChI is InChI=1S/C12H16F3N/c1-3-9-4-6-10(7-5-9)8-11(16-2)12(13,14)15/h4-7,11,16H,3,8H2,1-2H3. The smallest absolute Gasteiger partial charge is 0.309 e. The van der Waals surface area contributed by atoms with Gasteiger partial charge in [0.2, 0.25) is 0 Å². The molecule has 0 aliphatic heterocycles. The number of rotatable bonds is 4. The van der Waals surface area contributed by atoms with Crippen LogP contribution in [-0.4, -0.2) is 19.3 Å². The Hall–Kier alpha value is -1.03. The monoisotopic (exact) mass is 231 g/mol. The molecule has 0 aromatic heterocycles. The van der Waals surface area contributed by atoms with Crippen molar-refractivity contribution in [1.82, 2.24) is 5.32 Å². The highest BCUT2D eigenvalue weighted by Crippen LogP contribution is 2.23. The lowest BCUT2D eigenvalue weighted by Crippen LogP contribution is -2.41. The molecule has 1 aromatic carbocycles. The highest BCUT2D eigenvalue weighted by Gasteiger charge is 2.38. The predicted molar refractivity (Wildman–Crippen MR) is 58.4 cm³/mol. The molecule has 1 unspecified atom stereocenters. The molecule has 0 amide bonds. The molecule has 1 atom stereocenters. The van der Waals surface area contributed by atoms with E-state index in [2.05, 4.69) is 5.32 Å². The fourth-order valence-corrected chi connectivity index (χ4v) is 1.53. The zero-order valence-electron chi connectivity index (χ0n) is 9.43. The molecular weight excluding hydrogens is 215 g/mol. The quantitative estimate of drug-likeness (QED) is 0.840. The number of alkyl halides is 3. The number of halogens is 3. The van der Waals surface area contributed by atoms with E-state index < -0.39 is 12.2 Å². The molecular formula is C12H16F3N. The maximum atomic E-state index is 12.5. The van der Waals surface area contributed by atoms with E-state index in [9.17, 15) is 13.2 Å². The van der Waals surface area contributed by atoms with Gasteiger partial charge >= 0.3 is 6.18 Å². The van der Waals surface area contributed by atoms with Gasteiger partial charge in [-0.2, -0.15) is 13.2 Å². The van der Waals surface area contributed by atoms with Crippen LogP contribution in [0, 0.1) is 0 Å². The lowest BCUT2D eigenvalue weighted by Gasteiger charge is -2.19. The number of likely N-dealkylation sites (N-methyl/N-ethyl adjacent to an activating group) is 1. The van der Waals surface area contributed by atoms with E-state index in [-0.39, 0.29) is 6.42 Å². The molecule has 0 spiro atoms. The largest absolute Gasteiger partial charge is 0.404 e. The van der Waals surface area contributed by atoms with Gasteiger partial charge in [-0.3, -0.25) is 0 Å². The molecule has 0 aliphatic rings. The van der Waals surface area contributed by atoms with Gasteiger partial charge in [-0.15, -0.1) is 0 Å². The van der Waals surface area contributed by atoms with Crippen LogP contribution < -0.4 is 5.32 Å². The van der Waals surface area contributed by atoms with Gasteiger partial charge in [-0.25, -0.2) is 0 Å². The van der Waals surface area contributed by atoms with Gasteiger partial charge in [0.25, 0.3) is 0 Å². The molecule has 0 heterocycles. The van der Waals surface area contributed by atoms with Gasteiger partial charge in [-0.1, -0.05) is 31.2 Å². The first-order chi connectivity index (χ1) is 7.47. The van der Waals surface area contributed by atoms with Crippen LogP contribution in [0.15, 0.2) is 24.3 Å². The summed E-state index contributed by atoms with van der Waals surface area (Å²) in [5.41, 5.74) is 1.84. The van der Waals surface area contributed by atoms with Crippen LogP contribution in [0.3, 0.4) is 0 Å². The van der Waals surface area contributed by atoms with Crippen LogP contribution in [0.4, 0.5) is 13.2 Å². The van der Waals surface area contributed by atoms with E-state index >= 15 is 0 Å². The van der Waals surface area contributed by atoms with Gasteiger partial charge in [0, 0.05) is 0 Å². The molecule has 1 N–H and O–H groups in total. The van der Waals surface area contributed by atoms with Crippen molar-refractivity contribution in [3.8, 4) is 0 Å². The van der Waals surface area contributed by atoms with E-state index in [0.717, 1.165) is 12.0 Å². The minimum Gasteiger partial charge on any atom is -0.309 e. The van der Waals surface area contributed by atoms with Crippen LogP contribution in [-0.2, 0) is 12.8 Å². The Balaban J connectivity index is 2.71. The number of hydrogen-bond donors (Lipinski definition) is 1. The lowest BCUT2D eigenvalue weighted by atomic mass is 10.0. The van der Waals surface area contributed by atoms with E-state index in [1.165, 1.54) is 7.05 Å². The molecule has 1 rings (SSSR count). The van der Waals surface area contributed by atoms with Crippen molar-refractivity contribution in [3.63, 3.8) is 0 Å². The summed E-state index contributed by atoms with van der Waals surface area (Å²) in [4.78, 5) is 0. The van der Waals surface area contributed by atoms with Crippen LogP contribution in [0.1, 0.15) is 18.1 Å². The maximum Gasteiger partial charge on any atom is 0.404 e. The number of benzene rings is 1. The van der Waals surface area contributed by atoms with Crippen molar-refractivity contribution in [2.45, 2.75) is 32.0 Å². The van der Waals surface area contributed by atoms with Crippen LogP contribution in [0.25, 0.3) is 0 Å². The third-order valence-corrected chi connectivity index (χ3v) is 2.61. The molecule has 90 valence electrons. The van der Waals surface area contributed by atoms with Crippen molar-refractivity contribution < 1.29 is 13.2 Å². The van der Waals surface area contributed by atoms with Gasteiger partial charge < -0.3 is 5.32 Å². The summed E-state index contributed by atoms with van der Waals surface area (Å²) in [6.07, 6.45) is -3.32. The first kappa shape index (κ1) is 13.0. The lowest BCUT2D eigenvalue weighted by molar-refractivity contribution is -0.154. The van der Waals surface area contributed by atoms with E-state index in [4.69, 9.17) is 0 Å². The van der Waals surface area contributed by atoms with Crippen molar-refractivity contribution >= 4 is 0 Å². The third-order valence-electron chi connectivity index (χ3n) is 2.61. The minimum atomic E-state index is -4.20. The fraction of sp³-hybridized carbons (Fsp3) is 0.500. The molecule has 0 bridgehead atoms. The Kier molecular flexibility index (Phi) is 4.35. The van der Waals surface area contributed by atoms with E-state index in [0.29, 0.717) is 5.56 Å². The Morgan fingerprint density at radius 3 is 2.00 bits per heavy atom. The summed E-state index contributed by atoms with van der Waals surface area (Å²) in [5.74, 6) is 0. The topological polar surface area (TPSA) is 12.0 Å². The van der Waals surface area contributed by atoms with Crippen molar-refractivity contribution in [2.24, 2.45) is 0 Å². The zero-order valence-corrected chi connectivity index (χ0v) is 9.43. The van der Waals surface area contributed by atoms with E-state index in [1.54, 1.807) is 12.1 Å². The Morgan fingerprint density at radius 2 is 1.62 bits per heavy atom. The highest BCUT2D eigenvalue weighted by molar-refractivity contribution is 5.23. The van der Waals surface area contributed by atoms with Gasteiger partial charge in [0.15, 0.2) is 0 Å². The molecule has 0 saturated heterocycles. The molecule has 1 aromatic rings. The van der Waals surface area contributed by atoms with Gasteiger partial charge in [0.1, 0.15) is 6.04 Å². The van der Waals surface area contributed by atoms with E-state index in [1.807, 2.05) is 19.1 Å². The summed E-state index contributed by atoms with van der Waals surface area (Å²) < 4.78 is 37.5. The first-order valence-corrected chi connectivity index (χ1v) is 5.29. The molecule has 0 radical (unpaired) electrons. The number of nitrogens with one attached hydrogen (secondary N) is 1. The molecule has 16 heavy (non-hydrogen) atoms.